The maximum atomic E-state index is 2.66. The first-order valence-corrected chi connectivity index (χ1v) is 27.3. The summed E-state index contributed by atoms with van der Waals surface area (Å²) in [6, 6.07) is 78.7. The van der Waals surface area contributed by atoms with Crippen LogP contribution in [-0.4, -0.2) is 15.2 Å². The molecule has 0 bridgehead atoms. The number of rotatable bonds is 6. The van der Waals surface area contributed by atoms with Crippen LogP contribution in [0.15, 0.2) is 224 Å². The quantitative estimate of drug-likeness (QED) is 0.120. The van der Waals surface area contributed by atoms with E-state index in [-0.39, 0.29) is 5.41 Å². The molecular formula is C73H55N3. The lowest BCUT2D eigenvalue weighted by molar-refractivity contribution is 0.441. The molecule has 0 amide bonds. The van der Waals surface area contributed by atoms with E-state index in [4.69, 9.17) is 0 Å². The first kappa shape index (κ1) is 43.5. The summed E-state index contributed by atoms with van der Waals surface area (Å²) in [5.41, 5.74) is 21.4. The van der Waals surface area contributed by atoms with E-state index in [1.165, 1.54) is 138 Å². The zero-order valence-corrected chi connectivity index (χ0v) is 43.1. The van der Waals surface area contributed by atoms with Crippen molar-refractivity contribution in [3.05, 3.63) is 247 Å². The van der Waals surface area contributed by atoms with Crippen LogP contribution in [0.25, 0.3) is 116 Å². The molecule has 0 fully saturated rings. The molecule has 13 aromatic rings. The molecule has 3 nitrogen and oxygen atoms in total. The number of aromatic nitrogens is 2. The van der Waals surface area contributed by atoms with Crippen molar-refractivity contribution in [2.75, 3.05) is 4.90 Å². The van der Waals surface area contributed by atoms with Crippen molar-refractivity contribution in [1.29, 1.82) is 0 Å². The van der Waals surface area contributed by atoms with Crippen LogP contribution < -0.4 is 4.90 Å². The molecule has 11 aromatic carbocycles. The highest BCUT2D eigenvalue weighted by atomic mass is 15.2. The lowest BCUT2D eigenvalue weighted by Gasteiger charge is -2.37. The van der Waals surface area contributed by atoms with E-state index < -0.39 is 0 Å². The summed E-state index contributed by atoms with van der Waals surface area (Å²) in [4.78, 5) is 2.66. The summed E-state index contributed by atoms with van der Waals surface area (Å²) in [7, 11) is 0. The van der Waals surface area contributed by atoms with Gasteiger partial charge >= 0.3 is 0 Å². The highest BCUT2D eigenvalue weighted by Gasteiger charge is 2.47. The van der Waals surface area contributed by atoms with E-state index >= 15 is 0 Å². The minimum Gasteiger partial charge on any atom is -0.337 e. The summed E-state index contributed by atoms with van der Waals surface area (Å²) >= 11 is 0. The number of aryl methyl sites for hydroxylation is 1. The second-order valence-corrected chi connectivity index (χ2v) is 22.2. The third kappa shape index (κ3) is 6.17. The van der Waals surface area contributed by atoms with Crippen molar-refractivity contribution < 1.29 is 0 Å². The van der Waals surface area contributed by atoms with Gasteiger partial charge in [0.15, 0.2) is 0 Å². The molecule has 3 aliphatic rings. The van der Waals surface area contributed by atoms with E-state index in [9.17, 15) is 0 Å². The fourth-order valence-corrected chi connectivity index (χ4v) is 14.5. The summed E-state index contributed by atoms with van der Waals surface area (Å²) in [5.74, 6) is 0.504. The van der Waals surface area contributed by atoms with E-state index in [1.807, 2.05) is 0 Å². The number of anilines is 2. The molecule has 3 heteroatoms. The maximum absolute atomic E-state index is 2.66. The molecule has 2 aliphatic carbocycles. The van der Waals surface area contributed by atoms with E-state index in [1.54, 1.807) is 0 Å². The number of nitrogens with zero attached hydrogens (tertiary/aromatic N) is 3. The van der Waals surface area contributed by atoms with Crippen molar-refractivity contribution in [1.82, 2.24) is 9.13 Å². The van der Waals surface area contributed by atoms with Crippen LogP contribution in [0.3, 0.4) is 0 Å². The predicted molar refractivity (Wildman–Crippen MR) is 322 cm³/mol. The molecule has 16 rings (SSSR count). The Morgan fingerprint density at radius 3 is 1.67 bits per heavy atom. The molecule has 0 N–H and O–H groups in total. The molecule has 0 saturated heterocycles. The van der Waals surface area contributed by atoms with Gasteiger partial charge < -0.3 is 14.0 Å². The van der Waals surface area contributed by atoms with Crippen LogP contribution in [0.4, 0.5) is 11.4 Å². The molecule has 2 aromatic heterocycles. The first-order chi connectivity index (χ1) is 37.4. The lowest BCUT2D eigenvalue weighted by Crippen LogP contribution is -2.41. The Bertz CT molecular complexity index is 4580. The topological polar surface area (TPSA) is 13.1 Å². The van der Waals surface area contributed by atoms with Crippen LogP contribution in [0.5, 0.6) is 0 Å². The van der Waals surface area contributed by atoms with Crippen molar-refractivity contribution in [2.24, 2.45) is 5.92 Å². The Hall–Kier alpha value is -8.92. The normalized spacial score (nSPS) is 18.0. The molecule has 76 heavy (non-hydrogen) atoms. The molecule has 3 heterocycles. The number of hydrogen-bond acceptors (Lipinski definition) is 1. The second kappa shape index (κ2) is 16.3. The molecule has 3 unspecified atom stereocenters. The van der Waals surface area contributed by atoms with Gasteiger partial charge in [-0.15, -0.1) is 0 Å². The van der Waals surface area contributed by atoms with Crippen LogP contribution in [0, 0.1) is 12.8 Å². The molecule has 0 spiro atoms. The summed E-state index contributed by atoms with van der Waals surface area (Å²) in [6.45, 7) is 7.08. The molecule has 0 saturated carbocycles. The summed E-state index contributed by atoms with van der Waals surface area (Å²) in [6.07, 6.45) is 12.9. The van der Waals surface area contributed by atoms with Crippen molar-refractivity contribution >= 4 is 82.5 Å². The Kier molecular flexibility index (Phi) is 9.32. The number of benzene rings is 11. The molecule has 362 valence electrons. The second-order valence-electron chi connectivity index (χ2n) is 22.2. The van der Waals surface area contributed by atoms with Crippen LogP contribution in [-0.2, 0) is 11.8 Å². The zero-order chi connectivity index (χ0) is 50.4. The number of hydrogen-bond donors (Lipinski definition) is 0. The Morgan fingerprint density at radius 1 is 0.474 bits per heavy atom. The van der Waals surface area contributed by atoms with Gasteiger partial charge in [0.1, 0.15) is 0 Å². The van der Waals surface area contributed by atoms with Crippen molar-refractivity contribution in [2.45, 2.75) is 51.5 Å². The standard InChI is InChI=1S/C73H55N3/c1-45-32-37-68-63(39-45)56-25-6-10-29-67(56)75(68)51-21-15-18-48(42-51)61-44-62(49-19-16-22-52(43-49)76-69-30-11-7-26-64(69)73(3)38-13-12-31-70(73)76)59-36-35-57-60(40-46(2)53-33-34-58(61)72(59)71(53)57)47-17-14-20-50(41-47)74-65-27-8-4-23-54(65)55-24-5-9-28-66(55)74/h4-11,13-30,32-38,40-45,70H,12,31,39H2,1-3H3. The fourth-order valence-electron chi connectivity index (χ4n) is 14.5. The summed E-state index contributed by atoms with van der Waals surface area (Å²) < 4.78 is 4.94. The van der Waals surface area contributed by atoms with Gasteiger partial charge in [-0.2, -0.15) is 0 Å². The van der Waals surface area contributed by atoms with E-state index in [0.717, 1.165) is 24.9 Å². The highest BCUT2D eigenvalue weighted by Crippen LogP contribution is 2.54. The van der Waals surface area contributed by atoms with Crippen LogP contribution >= 0.6 is 0 Å². The van der Waals surface area contributed by atoms with Crippen LogP contribution in [0.1, 0.15) is 49.1 Å². The van der Waals surface area contributed by atoms with Crippen molar-refractivity contribution in [3.8, 4) is 44.8 Å². The van der Waals surface area contributed by atoms with Gasteiger partial charge in [0, 0.05) is 56.1 Å². The van der Waals surface area contributed by atoms with Gasteiger partial charge in [-0.25, -0.2) is 0 Å². The van der Waals surface area contributed by atoms with Gasteiger partial charge in [0.2, 0.25) is 0 Å². The Balaban J connectivity index is 0.937. The monoisotopic (exact) mass is 973 g/mol. The summed E-state index contributed by atoms with van der Waals surface area (Å²) in [5, 5.41) is 11.6. The van der Waals surface area contributed by atoms with Gasteiger partial charge in [-0.1, -0.05) is 165 Å². The van der Waals surface area contributed by atoms with Gasteiger partial charge in [-0.05, 0) is 194 Å². The minimum absolute atomic E-state index is 0.0487. The largest absolute Gasteiger partial charge is 0.337 e. The number of allylic oxidation sites excluding steroid dienone is 2. The van der Waals surface area contributed by atoms with E-state index in [2.05, 4.69) is 265 Å². The smallest absolute Gasteiger partial charge is 0.0541 e. The average Bonchev–Trinajstić information content (AvgIpc) is 4.09. The molecular weight excluding hydrogens is 919 g/mol. The zero-order valence-electron chi connectivity index (χ0n) is 43.1. The number of fused-ring (bicyclic) bond motifs is 9. The van der Waals surface area contributed by atoms with Crippen molar-refractivity contribution in [3.63, 3.8) is 0 Å². The molecule has 1 aliphatic heterocycles. The fraction of sp³-hybridized carbons (Fsp3) is 0.123. The predicted octanol–water partition coefficient (Wildman–Crippen LogP) is 19.3. The highest BCUT2D eigenvalue weighted by molar-refractivity contribution is 6.30. The minimum atomic E-state index is -0.0487. The number of para-hydroxylation sites is 4. The first-order valence-electron chi connectivity index (χ1n) is 27.3. The Labute approximate surface area is 443 Å². The maximum Gasteiger partial charge on any atom is 0.0541 e. The molecule has 3 atom stereocenters. The van der Waals surface area contributed by atoms with E-state index in [0.29, 0.717) is 12.0 Å². The average molecular weight is 974 g/mol. The van der Waals surface area contributed by atoms with Crippen LogP contribution in [0.2, 0.25) is 0 Å². The van der Waals surface area contributed by atoms with Gasteiger partial charge in [-0.3, -0.25) is 0 Å². The van der Waals surface area contributed by atoms with Gasteiger partial charge in [0.25, 0.3) is 0 Å². The third-order valence-corrected chi connectivity index (χ3v) is 17.9. The Morgan fingerprint density at radius 2 is 1.00 bits per heavy atom. The molecule has 0 radical (unpaired) electrons. The van der Waals surface area contributed by atoms with Gasteiger partial charge in [0.05, 0.1) is 16.6 Å². The SMILES string of the molecule is Cc1cc(-c2cccc(-n3c4ccccc4c4ccccc43)c2)c2ccc3c(-c4cccc(N5c6ccccc6C6(C)C=CCCC56)c4)cc(-c4cccc(-n5c6c(c7ccccc75)CC(C)C=C6)c4)c4ccc1c2c34. The third-order valence-electron chi connectivity index (χ3n) is 17.9. The lowest BCUT2D eigenvalue weighted by atomic mass is 9.74.